The molecule has 9 heteroatoms. The zero-order valence-corrected chi connectivity index (χ0v) is 33.6. The van der Waals surface area contributed by atoms with Crippen molar-refractivity contribution in [1.82, 2.24) is 10.6 Å². The van der Waals surface area contributed by atoms with Gasteiger partial charge in [0.2, 0.25) is 11.8 Å². The van der Waals surface area contributed by atoms with Gasteiger partial charge in [0.05, 0.1) is 17.6 Å². The highest BCUT2D eigenvalue weighted by molar-refractivity contribution is 7.91. The van der Waals surface area contributed by atoms with Gasteiger partial charge in [0, 0.05) is 25.9 Å². The van der Waals surface area contributed by atoms with Crippen LogP contribution in [-0.4, -0.2) is 62.1 Å². The molecule has 2 atom stereocenters. The number of carbonyl (C=O) groups is 2. The van der Waals surface area contributed by atoms with Crippen LogP contribution in [0.3, 0.4) is 0 Å². The molecule has 2 aromatic carbocycles. The number of hydrogen-bond donors (Lipinski definition) is 4. The first-order chi connectivity index (χ1) is 24.2. The topological polar surface area (TPSA) is 139 Å². The summed E-state index contributed by atoms with van der Waals surface area (Å²) in [5.74, 6) is 2.16. The number of nitrogens with two attached hydrogens (primary N) is 1. The fraction of sp³-hybridized carbons (Fsp3) is 0.619. The predicted octanol–water partition coefficient (Wildman–Crippen LogP) is 7.42. The normalized spacial score (nSPS) is 13.4. The van der Waals surface area contributed by atoms with Crippen molar-refractivity contribution >= 4 is 21.7 Å². The lowest BCUT2D eigenvalue weighted by atomic mass is 9.91. The SMILES string of the molecule is C#CC[C@H](NC(=O)CCS(=O)(=O)CCN)C(=O)NCC(O)CCC(C)C.CC1CCCCC1.CCC.CCc1ccccc1.Cc1ccccc1. The van der Waals surface area contributed by atoms with Crippen molar-refractivity contribution in [1.29, 1.82) is 0 Å². The zero-order chi connectivity index (χ0) is 38.9. The van der Waals surface area contributed by atoms with Crippen LogP contribution in [0.15, 0.2) is 60.7 Å². The molecule has 1 saturated carbocycles. The number of nitrogens with one attached hydrogen (secondary N) is 2. The van der Waals surface area contributed by atoms with E-state index >= 15 is 0 Å². The Morgan fingerprint density at radius 1 is 0.941 bits per heavy atom. The molecule has 0 aliphatic heterocycles. The summed E-state index contributed by atoms with van der Waals surface area (Å²) in [6.45, 7) is 15.0. The summed E-state index contributed by atoms with van der Waals surface area (Å²) in [7, 11) is -3.39. The van der Waals surface area contributed by atoms with Crippen molar-refractivity contribution in [3.8, 4) is 12.3 Å². The second kappa shape index (κ2) is 32.7. The molecule has 290 valence electrons. The van der Waals surface area contributed by atoms with E-state index in [0.29, 0.717) is 12.3 Å². The number of benzene rings is 2. The largest absolute Gasteiger partial charge is 0.391 e. The van der Waals surface area contributed by atoms with E-state index in [1.54, 1.807) is 0 Å². The number of aliphatic hydroxyl groups excluding tert-OH is 1. The third kappa shape index (κ3) is 32.5. The van der Waals surface area contributed by atoms with E-state index in [1.807, 2.05) is 38.1 Å². The van der Waals surface area contributed by atoms with E-state index < -0.39 is 33.8 Å². The van der Waals surface area contributed by atoms with Crippen LogP contribution in [0.1, 0.15) is 117 Å². The van der Waals surface area contributed by atoms with Crippen LogP contribution < -0.4 is 16.4 Å². The standard InChI is InChI=1S/C17H31N3O5S.C8H10.C7H14.C7H8.C3H8/c1-4-5-15(17(23)19-12-14(21)7-6-13(2)3)20-16(22)8-10-26(24,25)11-9-18;1-2-8-6-4-3-5-7-8;2*1-7-5-3-2-4-6-7;1-3-2/h1,13-15,21H,5-12,18H2,2-3H3,(H,19,23)(H,20,22);3-7H,2H2,1H3;7H,2-6H2,1H3;2-6H,1H3;3H2,1-2H3/t14?,15-;;;;/m0..../s1. The van der Waals surface area contributed by atoms with E-state index in [2.05, 4.69) is 87.6 Å². The number of sulfone groups is 1. The monoisotopic (exact) mass is 730 g/mol. The number of terminal acetylenes is 1. The summed E-state index contributed by atoms with van der Waals surface area (Å²) in [5.41, 5.74) is 7.93. The predicted molar refractivity (Wildman–Crippen MR) is 216 cm³/mol. The van der Waals surface area contributed by atoms with Crippen molar-refractivity contribution in [2.45, 2.75) is 131 Å². The first-order valence-corrected chi connectivity index (χ1v) is 20.7. The molecule has 0 radical (unpaired) electrons. The Labute approximate surface area is 312 Å². The number of amides is 2. The Morgan fingerprint density at radius 3 is 1.88 bits per heavy atom. The Morgan fingerprint density at radius 2 is 1.49 bits per heavy atom. The number of rotatable bonds is 14. The Bertz CT molecular complexity index is 1260. The van der Waals surface area contributed by atoms with E-state index in [0.717, 1.165) is 18.8 Å². The number of carbonyl (C=O) groups excluding carboxylic acids is 2. The van der Waals surface area contributed by atoms with Crippen LogP contribution >= 0.6 is 0 Å². The minimum atomic E-state index is -3.39. The number of aliphatic hydroxyl groups is 1. The smallest absolute Gasteiger partial charge is 0.243 e. The van der Waals surface area contributed by atoms with Crippen molar-refractivity contribution in [3.05, 3.63) is 71.8 Å². The van der Waals surface area contributed by atoms with Gasteiger partial charge >= 0.3 is 0 Å². The van der Waals surface area contributed by atoms with Gasteiger partial charge in [-0.15, -0.1) is 12.3 Å². The molecule has 0 heterocycles. The maximum absolute atomic E-state index is 12.1. The molecule has 2 amide bonds. The van der Waals surface area contributed by atoms with Crippen molar-refractivity contribution in [2.24, 2.45) is 17.6 Å². The highest BCUT2D eigenvalue weighted by Crippen LogP contribution is 2.22. The van der Waals surface area contributed by atoms with Crippen LogP contribution in [0, 0.1) is 31.1 Å². The van der Waals surface area contributed by atoms with E-state index in [-0.39, 0.29) is 37.4 Å². The highest BCUT2D eigenvalue weighted by atomic mass is 32.2. The fourth-order valence-corrected chi connectivity index (χ4v) is 5.71. The average molecular weight is 730 g/mol. The Balaban J connectivity index is 0. The third-order valence-corrected chi connectivity index (χ3v) is 9.40. The molecule has 1 aliphatic carbocycles. The second-order valence-electron chi connectivity index (χ2n) is 13.5. The van der Waals surface area contributed by atoms with E-state index in [4.69, 9.17) is 12.2 Å². The Kier molecular flexibility index (Phi) is 32.0. The van der Waals surface area contributed by atoms with Gasteiger partial charge in [-0.2, -0.15) is 0 Å². The molecule has 0 saturated heterocycles. The van der Waals surface area contributed by atoms with Gasteiger partial charge in [-0.25, -0.2) is 8.42 Å². The molecule has 8 nitrogen and oxygen atoms in total. The maximum atomic E-state index is 12.1. The van der Waals surface area contributed by atoms with Gasteiger partial charge in [-0.05, 0) is 43.6 Å². The molecule has 0 spiro atoms. The number of hydrogen-bond acceptors (Lipinski definition) is 6. The first-order valence-electron chi connectivity index (χ1n) is 18.9. The minimum absolute atomic E-state index is 0.00872. The molecular weight excluding hydrogens is 659 g/mol. The lowest BCUT2D eigenvalue weighted by molar-refractivity contribution is -0.129. The molecule has 5 N–H and O–H groups in total. The van der Waals surface area contributed by atoms with Gasteiger partial charge in [-0.3, -0.25) is 9.59 Å². The molecule has 1 unspecified atom stereocenters. The lowest BCUT2D eigenvalue weighted by Crippen LogP contribution is -2.48. The number of aryl methyl sites for hydroxylation is 2. The van der Waals surface area contributed by atoms with Gasteiger partial charge in [0.15, 0.2) is 9.84 Å². The quantitative estimate of drug-likeness (QED) is 0.149. The Hall–Kier alpha value is -3.19. The molecule has 51 heavy (non-hydrogen) atoms. The first kappa shape index (κ1) is 49.9. The zero-order valence-electron chi connectivity index (χ0n) is 32.8. The molecule has 2 aromatic rings. The van der Waals surface area contributed by atoms with Crippen LogP contribution in [0.25, 0.3) is 0 Å². The second-order valence-corrected chi connectivity index (χ2v) is 15.8. The molecule has 3 rings (SSSR count). The molecular formula is C42H71N3O5S. The third-order valence-electron chi connectivity index (χ3n) is 7.72. The summed E-state index contributed by atoms with van der Waals surface area (Å²) < 4.78 is 23.1. The maximum Gasteiger partial charge on any atom is 0.243 e. The van der Waals surface area contributed by atoms with Crippen LogP contribution in [0.4, 0.5) is 0 Å². The van der Waals surface area contributed by atoms with E-state index in [9.17, 15) is 23.1 Å². The summed E-state index contributed by atoms with van der Waals surface area (Å²) in [4.78, 5) is 24.0. The van der Waals surface area contributed by atoms with Crippen molar-refractivity contribution in [3.63, 3.8) is 0 Å². The van der Waals surface area contributed by atoms with Crippen molar-refractivity contribution < 1.29 is 23.1 Å². The molecule has 1 fully saturated rings. The van der Waals surface area contributed by atoms with Crippen LogP contribution in [0.5, 0.6) is 0 Å². The summed E-state index contributed by atoms with van der Waals surface area (Å²) >= 11 is 0. The lowest BCUT2D eigenvalue weighted by Gasteiger charge is -2.18. The highest BCUT2D eigenvalue weighted by Gasteiger charge is 2.21. The van der Waals surface area contributed by atoms with Gasteiger partial charge in [0.1, 0.15) is 6.04 Å². The van der Waals surface area contributed by atoms with Crippen LogP contribution in [-0.2, 0) is 25.8 Å². The van der Waals surface area contributed by atoms with Gasteiger partial charge < -0.3 is 21.5 Å². The van der Waals surface area contributed by atoms with Gasteiger partial charge in [0.25, 0.3) is 0 Å². The van der Waals surface area contributed by atoms with Gasteiger partial charge in [-0.1, -0.05) is 146 Å². The van der Waals surface area contributed by atoms with Crippen molar-refractivity contribution in [2.75, 3.05) is 24.6 Å². The summed E-state index contributed by atoms with van der Waals surface area (Å²) in [6, 6.07) is 19.7. The summed E-state index contributed by atoms with van der Waals surface area (Å²) in [6.07, 6.45) is 15.5. The van der Waals surface area contributed by atoms with E-state index in [1.165, 1.54) is 49.7 Å². The molecule has 0 bridgehead atoms. The summed E-state index contributed by atoms with van der Waals surface area (Å²) in [5, 5.41) is 14.8. The minimum Gasteiger partial charge on any atom is -0.391 e. The fourth-order valence-electron chi connectivity index (χ4n) is 4.65. The molecule has 0 aromatic heterocycles. The van der Waals surface area contributed by atoms with Crippen LogP contribution in [0.2, 0.25) is 0 Å². The average Bonchev–Trinajstić information content (AvgIpc) is 3.11. The molecule has 1 aliphatic rings.